The maximum absolute atomic E-state index is 9.12. The molecule has 1 unspecified atom stereocenters. The van der Waals surface area contributed by atoms with Crippen molar-refractivity contribution in [2.45, 2.75) is 45.1 Å². The Balaban J connectivity index is 2.47. The van der Waals surface area contributed by atoms with E-state index in [1.807, 2.05) is 18.2 Å². The molecule has 0 bridgehead atoms. The van der Waals surface area contributed by atoms with Crippen LogP contribution in [0.5, 0.6) is 0 Å². The summed E-state index contributed by atoms with van der Waals surface area (Å²) in [4.78, 5) is 0. The second-order valence-corrected chi connectivity index (χ2v) is 5.57. The summed E-state index contributed by atoms with van der Waals surface area (Å²) in [5.41, 5.74) is 0.924. The number of nitriles is 1. The number of hydrogen-bond donors (Lipinski definition) is 1. The smallest absolute Gasteiger partial charge is 0.114 e. The molecule has 0 radical (unpaired) electrons. The maximum Gasteiger partial charge on any atom is 0.114 e. The van der Waals surface area contributed by atoms with Crippen LogP contribution in [0.3, 0.4) is 0 Å². The van der Waals surface area contributed by atoms with Crippen molar-refractivity contribution in [2.24, 2.45) is 0 Å². The number of nitrogens with zero attached hydrogens (tertiary/aromatic N) is 1. The summed E-state index contributed by atoms with van der Waals surface area (Å²) >= 11 is 9.31. The van der Waals surface area contributed by atoms with Gasteiger partial charge >= 0.3 is 0 Å². The molecule has 0 saturated heterocycles. The van der Waals surface area contributed by atoms with Gasteiger partial charge in [0.05, 0.1) is 11.1 Å². The summed E-state index contributed by atoms with van der Waals surface area (Å²) in [6.45, 7) is 2.19. The molecule has 98 valence electrons. The van der Waals surface area contributed by atoms with E-state index in [0.717, 1.165) is 23.0 Å². The van der Waals surface area contributed by atoms with Crippen LogP contribution >= 0.6 is 27.5 Å². The van der Waals surface area contributed by atoms with Gasteiger partial charge in [0.15, 0.2) is 0 Å². The van der Waals surface area contributed by atoms with E-state index >= 15 is 0 Å². The van der Waals surface area contributed by atoms with Crippen LogP contribution < -0.4 is 5.32 Å². The van der Waals surface area contributed by atoms with Crippen molar-refractivity contribution in [3.05, 3.63) is 27.7 Å². The fraction of sp³-hybridized carbons (Fsp3) is 0.500. The second-order valence-electron chi connectivity index (χ2n) is 4.30. The van der Waals surface area contributed by atoms with Gasteiger partial charge < -0.3 is 5.32 Å². The first-order valence-electron chi connectivity index (χ1n) is 6.28. The topological polar surface area (TPSA) is 35.8 Å². The summed E-state index contributed by atoms with van der Waals surface area (Å²) in [5, 5.41) is 13.0. The van der Waals surface area contributed by atoms with Gasteiger partial charge in [-0.1, -0.05) is 44.2 Å². The molecule has 1 N–H and O–H groups in total. The first-order valence-corrected chi connectivity index (χ1v) is 7.45. The zero-order valence-electron chi connectivity index (χ0n) is 10.5. The molecular formula is C14H18BrClN2. The van der Waals surface area contributed by atoms with E-state index in [-0.39, 0.29) is 6.04 Å². The van der Waals surface area contributed by atoms with Crippen molar-refractivity contribution in [3.63, 3.8) is 0 Å². The third kappa shape index (κ3) is 5.29. The largest absolute Gasteiger partial charge is 0.370 e. The molecule has 0 fully saturated rings. The van der Waals surface area contributed by atoms with Crippen LogP contribution in [-0.2, 0) is 0 Å². The Bertz CT molecular complexity index is 415. The lowest BCUT2D eigenvalue weighted by molar-refractivity contribution is 0.618. The standard InChI is InChI=1S/C14H18BrClN2/c1-2-3-4-5-6-12(10-17)18-11-7-8-14(16)13(15)9-11/h7-9,12,18H,2-6H2,1H3. The van der Waals surface area contributed by atoms with Gasteiger partial charge in [0.25, 0.3) is 0 Å². The first-order chi connectivity index (χ1) is 8.67. The van der Waals surface area contributed by atoms with E-state index in [1.54, 1.807) is 0 Å². The monoisotopic (exact) mass is 328 g/mol. The lowest BCUT2D eigenvalue weighted by Crippen LogP contribution is -2.16. The van der Waals surface area contributed by atoms with Gasteiger partial charge in [-0.25, -0.2) is 0 Å². The van der Waals surface area contributed by atoms with Gasteiger partial charge in [-0.2, -0.15) is 5.26 Å². The molecule has 0 spiro atoms. The van der Waals surface area contributed by atoms with Crippen LogP contribution in [0.4, 0.5) is 5.69 Å². The Morgan fingerprint density at radius 2 is 2.17 bits per heavy atom. The fourth-order valence-electron chi connectivity index (χ4n) is 1.73. The van der Waals surface area contributed by atoms with Crippen LogP contribution in [0.15, 0.2) is 22.7 Å². The average Bonchev–Trinajstić information content (AvgIpc) is 2.37. The quantitative estimate of drug-likeness (QED) is 0.682. The van der Waals surface area contributed by atoms with Gasteiger partial charge in [0.1, 0.15) is 6.04 Å². The lowest BCUT2D eigenvalue weighted by atomic mass is 10.1. The van der Waals surface area contributed by atoms with Crippen LogP contribution in [0, 0.1) is 11.3 Å². The average molecular weight is 330 g/mol. The summed E-state index contributed by atoms with van der Waals surface area (Å²) in [6.07, 6.45) is 5.63. The van der Waals surface area contributed by atoms with Crippen molar-refractivity contribution < 1.29 is 0 Å². The van der Waals surface area contributed by atoms with Gasteiger partial charge in [0, 0.05) is 10.2 Å². The number of benzene rings is 1. The van der Waals surface area contributed by atoms with Crippen LogP contribution in [0.2, 0.25) is 5.02 Å². The zero-order valence-corrected chi connectivity index (χ0v) is 12.9. The molecule has 1 rings (SSSR count). The minimum atomic E-state index is -0.130. The summed E-state index contributed by atoms with van der Waals surface area (Å²) in [7, 11) is 0. The minimum Gasteiger partial charge on any atom is -0.370 e. The van der Waals surface area contributed by atoms with E-state index in [9.17, 15) is 0 Å². The van der Waals surface area contributed by atoms with E-state index in [0.29, 0.717) is 5.02 Å². The second kappa shape index (κ2) is 8.39. The van der Waals surface area contributed by atoms with Crippen molar-refractivity contribution in [1.82, 2.24) is 0 Å². The molecule has 0 aliphatic heterocycles. The van der Waals surface area contributed by atoms with Crippen LogP contribution in [0.25, 0.3) is 0 Å². The van der Waals surface area contributed by atoms with Crippen molar-refractivity contribution in [2.75, 3.05) is 5.32 Å². The van der Waals surface area contributed by atoms with Gasteiger partial charge in [-0.05, 0) is 40.5 Å². The van der Waals surface area contributed by atoms with E-state index in [2.05, 4.69) is 34.2 Å². The molecule has 0 amide bonds. The molecule has 0 heterocycles. The molecule has 1 aromatic rings. The predicted molar refractivity (Wildman–Crippen MR) is 80.9 cm³/mol. The molecule has 0 saturated carbocycles. The van der Waals surface area contributed by atoms with E-state index < -0.39 is 0 Å². The van der Waals surface area contributed by atoms with E-state index in [1.165, 1.54) is 19.3 Å². The summed E-state index contributed by atoms with van der Waals surface area (Å²) < 4.78 is 0.844. The molecule has 1 aromatic carbocycles. The van der Waals surface area contributed by atoms with E-state index in [4.69, 9.17) is 16.9 Å². The molecule has 0 aromatic heterocycles. The molecule has 4 heteroatoms. The number of anilines is 1. The maximum atomic E-state index is 9.12. The Labute approximate surface area is 122 Å². The number of nitrogens with one attached hydrogen (secondary N) is 1. The summed E-state index contributed by atoms with van der Waals surface area (Å²) in [5.74, 6) is 0. The Kier molecular flexibility index (Phi) is 7.15. The van der Waals surface area contributed by atoms with Gasteiger partial charge in [0.2, 0.25) is 0 Å². The first kappa shape index (κ1) is 15.3. The minimum absolute atomic E-state index is 0.130. The molecule has 18 heavy (non-hydrogen) atoms. The SMILES string of the molecule is CCCCCCC(C#N)Nc1ccc(Cl)c(Br)c1. The lowest BCUT2D eigenvalue weighted by Gasteiger charge is -2.13. The highest BCUT2D eigenvalue weighted by molar-refractivity contribution is 9.10. The zero-order chi connectivity index (χ0) is 13.4. The normalized spacial score (nSPS) is 11.9. The number of rotatable bonds is 7. The number of hydrogen-bond acceptors (Lipinski definition) is 2. The number of halogens is 2. The highest BCUT2D eigenvalue weighted by Crippen LogP contribution is 2.26. The Hall–Kier alpha value is -0.720. The van der Waals surface area contributed by atoms with Gasteiger partial charge in [-0.3, -0.25) is 0 Å². The van der Waals surface area contributed by atoms with Crippen molar-refractivity contribution >= 4 is 33.2 Å². The molecule has 0 aliphatic rings. The third-order valence-corrected chi connectivity index (χ3v) is 3.98. The van der Waals surface area contributed by atoms with Gasteiger partial charge in [-0.15, -0.1) is 0 Å². The van der Waals surface area contributed by atoms with Crippen molar-refractivity contribution in [1.29, 1.82) is 5.26 Å². The van der Waals surface area contributed by atoms with Crippen LogP contribution in [-0.4, -0.2) is 6.04 Å². The Morgan fingerprint density at radius 3 is 2.78 bits per heavy atom. The Morgan fingerprint density at radius 1 is 1.39 bits per heavy atom. The molecular weight excluding hydrogens is 312 g/mol. The summed E-state index contributed by atoms with van der Waals surface area (Å²) in [6, 6.07) is 7.79. The molecule has 1 atom stereocenters. The predicted octanol–water partition coefficient (Wildman–Crippen LogP) is 5.38. The molecule has 2 nitrogen and oxygen atoms in total. The fourth-order valence-corrected chi connectivity index (χ4v) is 2.23. The number of unbranched alkanes of at least 4 members (excludes halogenated alkanes) is 3. The highest BCUT2D eigenvalue weighted by Gasteiger charge is 2.07. The molecule has 0 aliphatic carbocycles. The highest BCUT2D eigenvalue weighted by atomic mass is 79.9. The van der Waals surface area contributed by atoms with Crippen LogP contribution in [0.1, 0.15) is 39.0 Å². The third-order valence-electron chi connectivity index (χ3n) is 2.76. The van der Waals surface area contributed by atoms with Crippen molar-refractivity contribution in [3.8, 4) is 6.07 Å².